The fourth-order valence-corrected chi connectivity index (χ4v) is 5.11. The van der Waals surface area contributed by atoms with Gasteiger partial charge in [-0.2, -0.15) is 0 Å². The Morgan fingerprint density at radius 2 is 1.67 bits per heavy atom. The largest absolute Gasteiger partial charge is 0.497 e. The van der Waals surface area contributed by atoms with Crippen molar-refractivity contribution in [1.29, 1.82) is 0 Å². The number of carbonyl (C=O) groups is 1. The van der Waals surface area contributed by atoms with E-state index in [2.05, 4.69) is 0 Å². The molecule has 0 aliphatic heterocycles. The standard InChI is InChI=1S/C32H33NO6/c1-21-9-6-13-24(29(21)32(34)35)19-37-26-15-8-16-27(18-26)38-20-28-30(22-10-4-3-5-11-22)39-31(33-28)23-12-7-14-25(17-23)36-2/h3-7,9-14,17,26-27H,8,15-16,18-20H2,1-2H3,(H,34,35)/t26-,27+/m1/s1. The summed E-state index contributed by atoms with van der Waals surface area (Å²) in [5, 5.41) is 9.61. The molecular weight excluding hydrogens is 494 g/mol. The first-order chi connectivity index (χ1) is 19.0. The van der Waals surface area contributed by atoms with Crippen molar-refractivity contribution < 1.29 is 28.5 Å². The van der Waals surface area contributed by atoms with Crippen LogP contribution in [0.15, 0.2) is 77.2 Å². The zero-order valence-corrected chi connectivity index (χ0v) is 22.3. The Labute approximate surface area is 228 Å². The van der Waals surface area contributed by atoms with Crippen molar-refractivity contribution in [3.8, 4) is 28.5 Å². The SMILES string of the molecule is COc1cccc(-c2nc(CO[C@H]3CCC[C@@H](OCc4cccc(C)c4C(=O)O)C3)c(-c3ccccc3)o2)c1. The van der Waals surface area contributed by atoms with Gasteiger partial charge in [-0.3, -0.25) is 0 Å². The van der Waals surface area contributed by atoms with E-state index in [1.807, 2.05) is 79.7 Å². The normalized spacial score (nSPS) is 17.2. The lowest BCUT2D eigenvalue weighted by Gasteiger charge is -2.29. The second-order valence-corrected chi connectivity index (χ2v) is 9.84. The van der Waals surface area contributed by atoms with E-state index in [-0.39, 0.29) is 18.8 Å². The number of aromatic carboxylic acids is 1. The summed E-state index contributed by atoms with van der Waals surface area (Å²) in [5.74, 6) is 1.02. The van der Waals surface area contributed by atoms with E-state index in [0.29, 0.717) is 29.4 Å². The monoisotopic (exact) mass is 527 g/mol. The number of hydrogen-bond acceptors (Lipinski definition) is 6. The van der Waals surface area contributed by atoms with Gasteiger partial charge in [-0.05, 0) is 61.9 Å². The molecule has 1 fully saturated rings. The summed E-state index contributed by atoms with van der Waals surface area (Å²) >= 11 is 0. The molecule has 7 heteroatoms. The second kappa shape index (κ2) is 12.3. The maximum absolute atomic E-state index is 11.7. The molecular formula is C32H33NO6. The third kappa shape index (κ3) is 6.38. The maximum Gasteiger partial charge on any atom is 0.336 e. The van der Waals surface area contributed by atoms with Crippen LogP contribution in [0, 0.1) is 6.92 Å². The van der Waals surface area contributed by atoms with Crippen molar-refractivity contribution in [2.24, 2.45) is 0 Å². The fourth-order valence-electron chi connectivity index (χ4n) is 5.11. The molecule has 3 aromatic carbocycles. The summed E-state index contributed by atoms with van der Waals surface area (Å²) in [7, 11) is 1.64. The molecule has 0 spiro atoms. The van der Waals surface area contributed by atoms with Gasteiger partial charge in [0.05, 0.1) is 38.1 Å². The van der Waals surface area contributed by atoms with Gasteiger partial charge in [-0.15, -0.1) is 0 Å². The van der Waals surface area contributed by atoms with E-state index in [0.717, 1.165) is 53.8 Å². The van der Waals surface area contributed by atoms with Crippen molar-refractivity contribution in [1.82, 2.24) is 4.98 Å². The number of carboxylic acids is 1. The number of aromatic nitrogens is 1. The Bertz CT molecular complexity index is 1410. The van der Waals surface area contributed by atoms with E-state index < -0.39 is 5.97 Å². The number of methoxy groups -OCH3 is 1. The smallest absolute Gasteiger partial charge is 0.336 e. The topological polar surface area (TPSA) is 91.0 Å². The first kappa shape index (κ1) is 26.7. The number of oxazole rings is 1. The Morgan fingerprint density at radius 3 is 2.41 bits per heavy atom. The average Bonchev–Trinajstić information content (AvgIpc) is 3.40. The minimum Gasteiger partial charge on any atom is -0.497 e. The molecule has 7 nitrogen and oxygen atoms in total. The average molecular weight is 528 g/mol. The van der Waals surface area contributed by atoms with Crippen molar-refractivity contribution >= 4 is 5.97 Å². The van der Waals surface area contributed by atoms with Crippen LogP contribution in [0.4, 0.5) is 0 Å². The summed E-state index contributed by atoms with van der Waals surface area (Å²) in [6.07, 6.45) is 3.60. The van der Waals surface area contributed by atoms with Crippen LogP contribution in [0.2, 0.25) is 0 Å². The van der Waals surface area contributed by atoms with E-state index >= 15 is 0 Å². The van der Waals surface area contributed by atoms with E-state index in [4.69, 9.17) is 23.6 Å². The van der Waals surface area contributed by atoms with Gasteiger partial charge in [-0.25, -0.2) is 9.78 Å². The van der Waals surface area contributed by atoms with Gasteiger partial charge in [0, 0.05) is 11.1 Å². The summed E-state index contributed by atoms with van der Waals surface area (Å²) in [6, 6.07) is 23.1. The van der Waals surface area contributed by atoms with Crippen LogP contribution in [-0.4, -0.2) is 35.4 Å². The highest BCUT2D eigenvalue weighted by molar-refractivity contribution is 5.91. The van der Waals surface area contributed by atoms with Crippen LogP contribution >= 0.6 is 0 Å². The molecule has 0 saturated heterocycles. The molecule has 1 N–H and O–H groups in total. The van der Waals surface area contributed by atoms with Crippen LogP contribution in [0.1, 0.15) is 52.9 Å². The third-order valence-corrected chi connectivity index (χ3v) is 7.13. The zero-order chi connectivity index (χ0) is 27.2. The number of aryl methyl sites for hydroxylation is 1. The number of hydrogen-bond donors (Lipinski definition) is 1. The molecule has 1 saturated carbocycles. The molecule has 202 valence electrons. The Hall–Kier alpha value is -3.94. The van der Waals surface area contributed by atoms with Crippen molar-refractivity contribution in [2.45, 2.75) is 58.0 Å². The van der Waals surface area contributed by atoms with Crippen LogP contribution in [0.25, 0.3) is 22.8 Å². The van der Waals surface area contributed by atoms with Gasteiger partial charge in [-0.1, -0.05) is 54.6 Å². The van der Waals surface area contributed by atoms with Gasteiger partial charge < -0.3 is 23.7 Å². The molecule has 0 bridgehead atoms. The first-order valence-corrected chi connectivity index (χ1v) is 13.3. The lowest BCUT2D eigenvalue weighted by atomic mass is 9.94. The number of carboxylic acid groups (broad SMARTS) is 1. The van der Waals surface area contributed by atoms with Crippen LogP contribution in [-0.2, 0) is 22.7 Å². The van der Waals surface area contributed by atoms with Crippen molar-refractivity contribution in [3.63, 3.8) is 0 Å². The second-order valence-electron chi connectivity index (χ2n) is 9.84. The summed E-state index contributed by atoms with van der Waals surface area (Å²) in [4.78, 5) is 16.5. The first-order valence-electron chi connectivity index (χ1n) is 13.3. The Kier molecular flexibility index (Phi) is 8.39. The minimum atomic E-state index is -0.924. The molecule has 1 aliphatic rings. The van der Waals surface area contributed by atoms with E-state index in [9.17, 15) is 9.90 Å². The lowest BCUT2D eigenvalue weighted by molar-refractivity contribution is -0.0562. The Balaban J connectivity index is 1.27. The number of nitrogens with zero attached hydrogens (tertiary/aromatic N) is 1. The van der Waals surface area contributed by atoms with Gasteiger partial charge >= 0.3 is 5.97 Å². The van der Waals surface area contributed by atoms with E-state index in [1.54, 1.807) is 7.11 Å². The van der Waals surface area contributed by atoms with Crippen LogP contribution in [0.5, 0.6) is 5.75 Å². The highest BCUT2D eigenvalue weighted by Gasteiger charge is 2.25. The minimum absolute atomic E-state index is 0.00385. The van der Waals surface area contributed by atoms with Crippen molar-refractivity contribution in [2.75, 3.05) is 7.11 Å². The summed E-state index contributed by atoms with van der Waals surface area (Å²) in [5.41, 5.74) is 4.28. The quantitative estimate of drug-likeness (QED) is 0.236. The fraction of sp³-hybridized carbons (Fsp3) is 0.312. The van der Waals surface area contributed by atoms with Gasteiger partial charge in [0.15, 0.2) is 5.76 Å². The summed E-state index contributed by atoms with van der Waals surface area (Å²) in [6.45, 7) is 2.40. The third-order valence-electron chi connectivity index (χ3n) is 7.13. The highest BCUT2D eigenvalue weighted by atomic mass is 16.5. The van der Waals surface area contributed by atoms with E-state index in [1.165, 1.54) is 0 Å². The molecule has 0 amide bonds. The lowest BCUT2D eigenvalue weighted by Crippen LogP contribution is -2.28. The van der Waals surface area contributed by atoms with Crippen LogP contribution < -0.4 is 4.74 Å². The molecule has 0 radical (unpaired) electrons. The molecule has 39 heavy (non-hydrogen) atoms. The molecule has 4 aromatic rings. The van der Waals surface area contributed by atoms with Gasteiger partial charge in [0.2, 0.25) is 5.89 Å². The summed E-state index contributed by atoms with van der Waals surface area (Å²) < 4.78 is 24.2. The molecule has 1 aromatic heterocycles. The number of benzene rings is 3. The zero-order valence-electron chi connectivity index (χ0n) is 22.3. The molecule has 1 heterocycles. The predicted octanol–water partition coefficient (Wildman–Crippen LogP) is 7.07. The predicted molar refractivity (Wildman–Crippen MR) is 148 cm³/mol. The van der Waals surface area contributed by atoms with Crippen LogP contribution in [0.3, 0.4) is 0 Å². The number of rotatable bonds is 10. The van der Waals surface area contributed by atoms with Gasteiger partial charge in [0.1, 0.15) is 11.4 Å². The maximum atomic E-state index is 11.7. The molecule has 0 unspecified atom stereocenters. The number of ether oxygens (including phenoxy) is 3. The Morgan fingerprint density at radius 1 is 0.949 bits per heavy atom. The van der Waals surface area contributed by atoms with Crippen molar-refractivity contribution in [3.05, 3.63) is 95.2 Å². The highest BCUT2D eigenvalue weighted by Crippen LogP contribution is 2.33. The molecule has 1 aliphatic carbocycles. The molecule has 2 atom stereocenters. The molecule has 5 rings (SSSR count). The van der Waals surface area contributed by atoms with Gasteiger partial charge in [0.25, 0.3) is 0 Å².